The van der Waals surface area contributed by atoms with E-state index in [0.717, 1.165) is 13.0 Å². The first-order chi connectivity index (χ1) is 9.28. The third-order valence-electron chi connectivity index (χ3n) is 3.79. The zero-order valence-electron chi connectivity index (χ0n) is 12.3. The molecule has 1 atom stereocenters. The summed E-state index contributed by atoms with van der Waals surface area (Å²) in [5, 5.41) is 7.01. The van der Waals surface area contributed by atoms with Crippen LogP contribution in [0.25, 0.3) is 0 Å². The molecule has 0 saturated carbocycles. The van der Waals surface area contributed by atoms with E-state index in [9.17, 15) is 0 Å². The van der Waals surface area contributed by atoms with Crippen LogP contribution in [0.2, 0.25) is 0 Å². The fraction of sp³-hybridized carbons (Fsp3) is 0.800. The van der Waals surface area contributed by atoms with Gasteiger partial charge < -0.3 is 10.2 Å². The highest BCUT2D eigenvalue weighted by molar-refractivity contribution is 7.09. The minimum atomic E-state index is 0.548. The van der Waals surface area contributed by atoms with Crippen molar-refractivity contribution >= 4 is 11.3 Å². The molecule has 1 fully saturated rings. The second kappa shape index (κ2) is 7.98. The Hall–Kier alpha value is -0.450. The Kier molecular flexibility index (Phi) is 6.28. The summed E-state index contributed by atoms with van der Waals surface area (Å²) in [5.41, 5.74) is 1.22. The standard InChI is InChI=1S/C15H27N3S/c1-3-14-12-19-15(17-14)10-16-13(2)11-18-8-6-4-5-7-9-18/h12-13,16H,3-11H2,1-2H3. The highest BCUT2D eigenvalue weighted by Crippen LogP contribution is 2.11. The van der Waals surface area contributed by atoms with Crippen LogP contribution < -0.4 is 5.32 Å². The smallest absolute Gasteiger partial charge is 0.107 e. The van der Waals surface area contributed by atoms with Crippen molar-refractivity contribution in [2.45, 2.75) is 58.5 Å². The first kappa shape index (κ1) is 14.9. The zero-order valence-corrected chi connectivity index (χ0v) is 13.1. The van der Waals surface area contributed by atoms with Crippen LogP contribution >= 0.6 is 11.3 Å². The first-order valence-electron chi connectivity index (χ1n) is 7.67. The summed E-state index contributed by atoms with van der Waals surface area (Å²) in [7, 11) is 0. The average Bonchev–Trinajstić information content (AvgIpc) is 2.73. The molecule has 108 valence electrons. The van der Waals surface area contributed by atoms with Gasteiger partial charge in [-0.25, -0.2) is 4.98 Å². The minimum absolute atomic E-state index is 0.548. The predicted octanol–water partition coefficient (Wildman–Crippen LogP) is 3.06. The van der Waals surface area contributed by atoms with Gasteiger partial charge in [-0.1, -0.05) is 19.8 Å². The van der Waals surface area contributed by atoms with E-state index >= 15 is 0 Å². The number of rotatable bonds is 6. The van der Waals surface area contributed by atoms with Crippen molar-refractivity contribution < 1.29 is 0 Å². The van der Waals surface area contributed by atoms with Crippen LogP contribution in [0.4, 0.5) is 0 Å². The van der Waals surface area contributed by atoms with Crippen LogP contribution in [-0.4, -0.2) is 35.6 Å². The van der Waals surface area contributed by atoms with Crippen LogP contribution in [0.1, 0.15) is 50.2 Å². The van der Waals surface area contributed by atoms with Crippen molar-refractivity contribution in [3.63, 3.8) is 0 Å². The Morgan fingerprint density at radius 2 is 2.05 bits per heavy atom. The van der Waals surface area contributed by atoms with Crippen LogP contribution in [0.15, 0.2) is 5.38 Å². The Morgan fingerprint density at radius 3 is 2.68 bits per heavy atom. The van der Waals surface area contributed by atoms with Crippen LogP contribution in [-0.2, 0) is 13.0 Å². The minimum Gasteiger partial charge on any atom is -0.307 e. The molecule has 1 aromatic heterocycles. The van der Waals surface area contributed by atoms with E-state index in [1.807, 2.05) is 0 Å². The summed E-state index contributed by atoms with van der Waals surface area (Å²) in [6.07, 6.45) is 6.62. The second-order valence-electron chi connectivity index (χ2n) is 5.58. The Balaban J connectivity index is 1.69. The molecule has 0 aromatic carbocycles. The van der Waals surface area contributed by atoms with Crippen molar-refractivity contribution in [2.24, 2.45) is 0 Å². The van der Waals surface area contributed by atoms with Gasteiger partial charge in [0.1, 0.15) is 5.01 Å². The predicted molar refractivity (Wildman–Crippen MR) is 82.7 cm³/mol. The number of hydrogen-bond acceptors (Lipinski definition) is 4. The van der Waals surface area contributed by atoms with Crippen molar-refractivity contribution in [2.75, 3.05) is 19.6 Å². The molecule has 0 radical (unpaired) electrons. The summed E-state index contributed by atoms with van der Waals surface area (Å²) >= 11 is 1.78. The molecule has 1 N–H and O–H groups in total. The Labute approximate surface area is 121 Å². The third-order valence-corrected chi connectivity index (χ3v) is 4.69. The molecule has 19 heavy (non-hydrogen) atoms. The molecule has 4 heteroatoms. The van der Waals surface area contributed by atoms with Crippen molar-refractivity contribution in [3.05, 3.63) is 16.1 Å². The van der Waals surface area contributed by atoms with Crippen molar-refractivity contribution in [1.29, 1.82) is 0 Å². The van der Waals surface area contributed by atoms with Gasteiger partial charge in [-0.3, -0.25) is 0 Å². The summed E-state index contributed by atoms with van der Waals surface area (Å²) < 4.78 is 0. The molecular formula is C15H27N3S. The molecule has 1 aliphatic heterocycles. The Bertz CT molecular complexity index is 356. The van der Waals surface area contributed by atoms with E-state index in [2.05, 4.69) is 34.4 Å². The second-order valence-corrected chi connectivity index (χ2v) is 6.53. The summed E-state index contributed by atoms with van der Waals surface area (Å²) in [4.78, 5) is 7.22. The van der Waals surface area contributed by atoms with E-state index in [4.69, 9.17) is 0 Å². The third kappa shape index (κ3) is 5.21. The molecule has 1 unspecified atom stereocenters. The topological polar surface area (TPSA) is 28.2 Å². The van der Waals surface area contributed by atoms with E-state index in [-0.39, 0.29) is 0 Å². The average molecular weight is 281 g/mol. The van der Waals surface area contributed by atoms with E-state index in [0.29, 0.717) is 6.04 Å². The van der Waals surface area contributed by atoms with E-state index in [1.54, 1.807) is 11.3 Å². The lowest BCUT2D eigenvalue weighted by Crippen LogP contribution is -2.39. The molecule has 1 aromatic rings. The number of nitrogens with one attached hydrogen (secondary N) is 1. The maximum Gasteiger partial charge on any atom is 0.107 e. The van der Waals surface area contributed by atoms with Crippen molar-refractivity contribution in [1.82, 2.24) is 15.2 Å². The molecule has 0 spiro atoms. The monoisotopic (exact) mass is 281 g/mol. The maximum atomic E-state index is 4.60. The van der Waals surface area contributed by atoms with Gasteiger partial charge in [0.05, 0.1) is 5.69 Å². The number of aromatic nitrogens is 1. The number of nitrogens with zero attached hydrogens (tertiary/aromatic N) is 2. The molecule has 1 saturated heterocycles. The number of thiazole rings is 1. The van der Waals surface area contributed by atoms with Gasteiger partial charge in [0.25, 0.3) is 0 Å². The van der Waals surface area contributed by atoms with Gasteiger partial charge >= 0.3 is 0 Å². The molecule has 0 amide bonds. The molecule has 0 bridgehead atoms. The van der Waals surface area contributed by atoms with E-state index < -0.39 is 0 Å². The lowest BCUT2D eigenvalue weighted by Gasteiger charge is -2.24. The Morgan fingerprint density at radius 1 is 1.32 bits per heavy atom. The summed E-state index contributed by atoms with van der Waals surface area (Å²) in [6, 6.07) is 0.548. The molecule has 2 rings (SSSR count). The molecule has 1 aliphatic rings. The van der Waals surface area contributed by atoms with Gasteiger partial charge in [-0.2, -0.15) is 0 Å². The fourth-order valence-corrected chi connectivity index (χ4v) is 3.45. The quantitative estimate of drug-likeness (QED) is 0.868. The van der Waals surface area contributed by atoms with E-state index in [1.165, 1.54) is 56.0 Å². The number of aryl methyl sites for hydroxylation is 1. The maximum absolute atomic E-state index is 4.60. The zero-order chi connectivity index (χ0) is 13.5. The first-order valence-corrected chi connectivity index (χ1v) is 8.55. The number of hydrogen-bond donors (Lipinski definition) is 1. The molecule has 0 aliphatic carbocycles. The molecular weight excluding hydrogens is 254 g/mol. The van der Waals surface area contributed by atoms with Crippen LogP contribution in [0.5, 0.6) is 0 Å². The normalized spacial score (nSPS) is 19.3. The lowest BCUT2D eigenvalue weighted by atomic mass is 10.2. The van der Waals surface area contributed by atoms with Crippen LogP contribution in [0.3, 0.4) is 0 Å². The molecule has 2 heterocycles. The largest absolute Gasteiger partial charge is 0.307 e. The van der Waals surface area contributed by atoms with Crippen molar-refractivity contribution in [3.8, 4) is 0 Å². The highest BCUT2D eigenvalue weighted by atomic mass is 32.1. The van der Waals surface area contributed by atoms with Gasteiger partial charge in [0.15, 0.2) is 0 Å². The lowest BCUT2D eigenvalue weighted by molar-refractivity contribution is 0.255. The summed E-state index contributed by atoms with van der Waals surface area (Å²) in [6.45, 7) is 9.10. The fourth-order valence-electron chi connectivity index (χ4n) is 2.62. The highest BCUT2D eigenvalue weighted by Gasteiger charge is 2.12. The van der Waals surface area contributed by atoms with Gasteiger partial charge in [-0.05, 0) is 39.3 Å². The van der Waals surface area contributed by atoms with Gasteiger partial charge in [-0.15, -0.1) is 11.3 Å². The van der Waals surface area contributed by atoms with Gasteiger partial charge in [0.2, 0.25) is 0 Å². The van der Waals surface area contributed by atoms with Crippen LogP contribution in [0, 0.1) is 0 Å². The SMILES string of the molecule is CCc1csc(CNC(C)CN2CCCCCC2)n1. The molecule has 3 nitrogen and oxygen atoms in total. The number of likely N-dealkylation sites (tertiary alicyclic amines) is 1. The summed E-state index contributed by atoms with van der Waals surface area (Å²) in [5.74, 6) is 0. The van der Waals surface area contributed by atoms with Gasteiger partial charge in [0, 0.05) is 24.5 Å².